The molecule has 10 heteroatoms. The predicted octanol–water partition coefficient (Wildman–Crippen LogP) is 5.32. The van der Waals surface area contributed by atoms with Gasteiger partial charge in [0, 0.05) is 22.9 Å². The van der Waals surface area contributed by atoms with Gasteiger partial charge in [0.2, 0.25) is 0 Å². The van der Waals surface area contributed by atoms with Crippen molar-refractivity contribution in [3.63, 3.8) is 0 Å². The van der Waals surface area contributed by atoms with E-state index in [1.807, 2.05) is 49.4 Å². The lowest BCUT2D eigenvalue weighted by Crippen LogP contribution is -2.34. The largest absolute Gasteiger partial charge is 0.490 e. The molecule has 0 fully saturated rings. The summed E-state index contributed by atoms with van der Waals surface area (Å²) in [5.74, 6) is -0.497. The lowest BCUT2D eigenvalue weighted by Gasteiger charge is -2.13. The first-order valence-corrected chi connectivity index (χ1v) is 11.0. The lowest BCUT2D eigenvalue weighted by atomic mass is 10.1. The number of nitrogens with zero attached hydrogens (tertiary/aromatic N) is 2. The molecule has 4 aromatic rings. The number of nitrogens with one attached hydrogen (secondary N) is 2. The zero-order chi connectivity index (χ0) is 23.5. The third-order valence-corrected chi connectivity index (χ3v) is 6.17. The first kappa shape index (κ1) is 22.3. The minimum absolute atomic E-state index is 0.0705. The van der Waals surface area contributed by atoms with Crippen LogP contribution >= 0.6 is 23.6 Å². The number of hydrogen-bond donors (Lipinski definition) is 2. The topological polar surface area (TPSA) is 106 Å². The maximum atomic E-state index is 12.5. The summed E-state index contributed by atoms with van der Waals surface area (Å²) in [5, 5.41) is 17.7. The van der Waals surface area contributed by atoms with Crippen LogP contribution in [0, 0.1) is 17.0 Å². The van der Waals surface area contributed by atoms with Crippen LogP contribution in [0.2, 0.25) is 0 Å². The van der Waals surface area contributed by atoms with Crippen molar-refractivity contribution in [1.82, 2.24) is 10.3 Å². The van der Waals surface area contributed by atoms with Gasteiger partial charge in [-0.05, 0) is 67.2 Å². The number of anilines is 1. The fourth-order valence-corrected chi connectivity index (χ4v) is 4.40. The molecule has 0 saturated heterocycles. The van der Waals surface area contributed by atoms with E-state index in [1.54, 1.807) is 11.3 Å². The molecule has 0 aliphatic carbocycles. The minimum atomic E-state index is -0.609. The van der Waals surface area contributed by atoms with Gasteiger partial charge in [0.25, 0.3) is 5.91 Å². The molecule has 0 atom stereocenters. The fourth-order valence-electron chi connectivity index (χ4n) is 3.24. The van der Waals surface area contributed by atoms with Gasteiger partial charge in [0.05, 0.1) is 22.2 Å². The van der Waals surface area contributed by atoms with Crippen molar-refractivity contribution in [3.05, 3.63) is 81.9 Å². The Hall–Kier alpha value is -3.89. The number of nitro groups is 1. The zero-order valence-corrected chi connectivity index (χ0v) is 19.3. The highest BCUT2D eigenvalue weighted by atomic mass is 32.1. The van der Waals surface area contributed by atoms with Crippen molar-refractivity contribution in [2.24, 2.45) is 0 Å². The Kier molecular flexibility index (Phi) is 6.29. The number of rotatable bonds is 5. The maximum absolute atomic E-state index is 12.5. The molecule has 0 aliphatic rings. The van der Waals surface area contributed by atoms with Crippen LogP contribution in [0.1, 0.15) is 15.9 Å². The summed E-state index contributed by atoms with van der Waals surface area (Å²) in [7, 11) is 1.32. The number of para-hydroxylation sites is 1. The van der Waals surface area contributed by atoms with Crippen molar-refractivity contribution < 1.29 is 14.5 Å². The van der Waals surface area contributed by atoms with Crippen molar-refractivity contribution in [2.45, 2.75) is 6.92 Å². The summed E-state index contributed by atoms with van der Waals surface area (Å²) in [4.78, 5) is 27.8. The summed E-state index contributed by atoms with van der Waals surface area (Å²) < 4.78 is 6.08. The maximum Gasteiger partial charge on any atom is 0.311 e. The molecular formula is C23H18N4O4S2. The molecule has 0 saturated carbocycles. The van der Waals surface area contributed by atoms with Crippen LogP contribution in [0.15, 0.2) is 60.7 Å². The van der Waals surface area contributed by atoms with E-state index in [-0.39, 0.29) is 22.1 Å². The van der Waals surface area contributed by atoms with Crippen LogP contribution in [-0.2, 0) is 0 Å². The monoisotopic (exact) mass is 478 g/mol. The Labute approximate surface area is 198 Å². The molecule has 33 heavy (non-hydrogen) atoms. The molecule has 8 nitrogen and oxygen atoms in total. The second kappa shape index (κ2) is 9.31. The molecular weight excluding hydrogens is 460 g/mol. The van der Waals surface area contributed by atoms with Crippen molar-refractivity contribution in [1.29, 1.82) is 0 Å². The number of aromatic nitrogens is 1. The number of benzene rings is 3. The molecule has 1 aromatic heterocycles. The van der Waals surface area contributed by atoms with Gasteiger partial charge < -0.3 is 10.1 Å². The number of methoxy groups -OCH3 is 1. The highest BCUT2D eigenvalue weighted by molar-refractivity contribution is 7.80. The Morgan fingerprint density at radius 1 is 1.15 bits per heavy atom. The molecule has 2 N–H and O–H groups in total. The number of fused-ring (bicyclic) bond motifs is 1. The van der Waals surface area contributed by atoms with E-state index < -0.39 is 10.8 Å². The summed E-state index contributed by atoms with van der Waals surface area (Å²) in [6.45, 7) is 1.93. The molecule has 0 spiro atoms. The molecule has 166 valence electrons. The van der Waals surface area contributed by atoms with Crippen molar-refractivity contribution in [2.75, 3.05) is 12.4 Å². The molecule has 0 aliphatic heterocycles. The Morgan fingerprint density at radius 3 is 2.64 bits per heavy atom. The van der Waals surface area contributed by atoms with E-state index in [0.29, 0.717) is 0 Å². The number of thiazole rings is 1. The molecule has 1 amide bonds. The normalized spacial score (nSPS) is 10.6. The predicted molar refractivity (Wildman–Crippen MR) is 133 cm³/mol. The zero-order valence-electron chi connectivity index (χ0n) is 17.6. The van der Waals surface area contributed by atoms with Crippen LogP contribution < -0.4 is 15.4 Å². The quantitative estimate of drug-likeness (QED) is 0.227. The number of carbonyl (C=O) groups excluding carboxylic acids is 1. The number of amides is 1. The average molecular weight is 479 g/mol. The van der Waals surface area contributed by atoms with Gasteiger partial charge >= 0.3 is 5.69 Å². The van der Waals surface area contributed by atoms with Crippen LogP contribution in [0.5, 0.6) is 5.75 Å². The van der Waals surface area contributed by atoms with E-state index in [2.05, 4.69) is 15.6 Å². The summed E-state index contributed by atoms with van der Waals surface area (Å²) >= 11 is 6.88. The van der Waals surface area contributed by atoms with Gasteiger partial charge in [-0.2, -0.15) is 0 Å². The second-order valence-electron chi connectivity index (χ2n) is 7.07. The highest BCUT2D eigenvalue weighted by Gasteiger charge is 2.19. The highest BCUT2D eigenvalue weighted by Crippen LogP contribution is 2.32. The van der Waals surface area contributed by atoms with Gasteiger partial charge in [-0.15, -0.1) is 11.3 Å². The van der Waals surface area contributed by atoms with Crippen LogP contribution in [0.25, 0.3) is 20.8 Å². The number of thiocarbonyl (C=S) groups is 1. The molecule has 0 radical (unpaired) electrons. The summed E-state index contributed by atoms with van der Waals surface area (Å²) in [5.41, 5.74) is 3.38. The fraction of sp³-hybridized carbons (Fsp3) is 0.0870. The minimum Gasteiger partial charge on any atom is -0.490 e. The van der Waals surface area contributed by atoms with E-state index in [9.17, 15) is 14.9 Å². The van der Waals surface area contributed by atoms with Gasteiger partial charge in [-0.1, -0.05) is 12.1 Å². The van der Waals surface area contributed by atoms with E-state index in [1.165, 1.54) is 19.2 Å². The van der Waals surface area contributed by atoms with Crippen LogP contribution in [0.3, 0.4) is 0 Å². The van der Waals surface area contributed by atoms with Gasteiger partial charge in [0.15, 0.2) is 10.9 Å². The van der Waals surface area contributed by atoms with Gasteiger partial charge in [-0.25, -0.2) is 4.98 Å². The van der Waals surface area contributed by atoms with Crippen LogP contribution in [-0.4, -0.2) is 28.0 Å². The van der Waals surface area contributed by atoms with E-state index in [4.69, 9.17) is 17.0 Å². The summed E-state index contributed by atoms with van der Waals surface area (Å²) in [6.07, 6.45) is 0. The lowest BCUT2D eigenvalue weighted by molar-refractivity contribution is -0.385. The summed E-state index contributed by atoms with van der Waals surface area (Å²) in [6, 6.07) is 17.7. The average Bonchev–Trinajstić information content (AvgIpc) is 3.24. The Bertz CT molecular complexity index is 1370. The third kappa shape index (κ3) is 4.81. The molecule has 1 heterocycles. The first-order chi connectivity index (χ1) is 15.9. The molecule has 4 rings (SSSR count). The van der Waals surface area contributed by atoms with Crippen molar-refractivity contribution in [3.8, 4) is 16.3 Å². The SMILES string of the molecule is COc1ccc(C(=O)NC(=S)Nc2ccc(-c3nc4ccccc4s3)cc2C)cc1[N+](=O)[O-]. The number of ether oxygens (including phenoxy) is 1. The van der Waals surface area contributed by atoms with E-state index in [0.717, 1.165) is 38.1 Å². The molecule has 3 aromatic carbocycles. The van der Waals surface area contributed by atoms with Gasteiger partial charge in [0.1, 0.15) is 5.01 Å². The number of nitro benzene ring substituents is 1. The smallest absolute Gasteiger partial charge is 0.311 e. The second-order valence-corrected chi connectivity index (χ2v) is 8.51. The Balaban J connectivity index is 1.47. The van der Waals surface area contributed by atoms with Gasteiger partial charge in [-0.3, -0.25) is 20.2 Å². The number of hydrogen-bond acceptors (Lipinski definition) is 7. The molecule has 0 unspecified atom stereocenters. The molecule has 0 bridgehead atoms. The Morgan fingerprint density at radius 2 is 1.94 bits per heavy atom. The third-order valence-electron chi connectivity index (χ3n) is 4.88. The van der Waals surface area contributed by atoms with Crippen LogP contribution in [0.4, 0.5) is 11.4 Å². The first-order valence-electron chi connectivity index (χ1n) is 9.77. The van der Waals surface area contributed by atoms with E-state index >= 15 is 0 Å². The number of aryl methyl sites for hydroxylation is 1. The standard InChI is InChI=1S/C23H18N4O4S2/c1-13-11-15(22-24-17-5-3-4-6-20(17)33-22)7-9-16(13)25-23(32)26-21(28)14-8-10-19(31-2)18(12-14)27(29)30/h3-12H,1-2H3,(H2,25,26,28,32). The number of carbonyl (C=O) groups is 1. The van der Waals surface area contributed by atoms with Crippen molar-refractivity contribution >= 4 is 56.2 Å².